The second-order valence-corrected chi connectivity index (χ2v) is 5.20. The Balaban J connectivity index is 2.80. The molecule has 5 heteroatoms. The molecular weight excluding hydrogens is 232 g/mol. The van der Waals surface area contributed by atoms with Crippen molar-refractivity contribution in [3.05, 3.63) is 0 Å². The molecule has 5 nitrogen and oxygen atoms in total. The summed E-state index contributed by atoms with van der Waals surface area (Å²) in [5.41, 5.74) is -0.671. The minimum Gasteiger partial charge on any atom is -0.481 e. The van der Waals surface area contributed by atoms with Gasteiger partial charge in [-0.3, -0.25) is 14.5 Å². The topological polar surface area (TPSA) is 69.6 Å². The molecule has 0 aromatic rings. The lowest BCUT2D eigenvalue weighted by molar-refractivity contribution is -0.155. The molecule has 0 aromatic heterocycles. The van der Waals surface area contributed by atoms with Crippen molar-refractivity contribution in [2.75, 3.05) is 20.1 Å². The minimum atomic E-state index is -0.724. The van der Waals surface area contributed by atoms with Gasteiger partial charge in [0, 0.05) is 13.6 Å². The van der Waals surface area contributed by atoms with Gasteiger partial charge in [-0.2, -0.15) is 0 Å². The number of rotatable bonds is 5. The molecule has 18 heavy (non-hydrogen) atoms. The normalized spacial score (nSPS) is 26.6. The van der Waals surface area contributed by atoms with Crippen LogP contribution in [0.15, 0.2) is 0 Å². The molecule has 0 saturated carbocycles. The van der Waals surface area contributed by atoms with E-state index in [4.69, 9.17) is 0 Å². The van der Waals surface area contributed by atoms with E-state index in [0.717, 1.165) is 19.4 Å². The molecule has 1 rings (SSSR count). The van der Waals surface area contributed by atoms with Gasteiger partial charge in [0.2, 0.25) is 5.91 Å². The van der Waals surface area contributed by atoms with Crippen molar-refractivity contribution in [2.45, 2.75) is 45.6 Å². The molecule has 1 saturated heterocycles. The van der Waals surface area contributed by atoms with E-state index in [9.17, 15) is 14.7 Å². The first-order valence-corrected chi connectivity index (χ1v) is 6.66. The molecule has 2 unspecified atom stereocenters. The monoisotopic (exact) mass is 256 g/mol. The number of piperidine rings is 1. The molecule has 0 bridgehead atoms. The van der Waals surface area contributed by atoms with E-state index in [0.29, 0.717) is 19.4 Å². The van der Waals surface area contributed by atoms with Crippen LogP contribution in [0.4, 0.5) is 0 Å². The first-order valence-electron chi connectivity index (χ1n) is 6.66. The Morgan fingerprint density at radius 3 is 2.67 bits per heavy atom. The summed E-state index contributed by atoms with van der Waals surface area (Å²) in [4.78, 5) is 25.2. The molecule has 1 amide bonds. The fourth-order valence-electron chi connectivity index (χ4n) is 2.84. The van der Waals surface area contributed by atoms with Gasteiger partial charge in [0.05, 0.1) is 11.5 Å². The third-order valence-electron chi connectivity index (χ3n) is 3.96. The smallest absolute Gasteiger partial charge is 0.310 e. The number of amides is 1. The highest BCUT2D eigenvalue weighted by Crippen LogP contribution is 2.35. The summed E-state index contributed by atoms with van der Waals surface area (Å²) in [6.07, 6.45) is 3.09. The van der Waals surface area contributed by atoms with Gasteiger partial charge in [-0.1, -0.05) is 13.3 Å². The van der Waals surface area contributed by atoms with Crippen LogP contribution in [0.3, 0.4) is 0 Å². The van der Waals surface area contributed by atoms with Crippen LogP contribution < -0.4 is 5.32 Å². The molecule has 1 aliphatic heterocycles. The highest BCUT2D eigenvalue weighted by Gasteiger charge is 2.43. The fraction of sp³-hybridized carbons (Fsp3) is 0.846. The van der Waals surface area contributed by atoms with Gasteiger partial charge in [-0.05, 0) is 32.7 Å². The maximum atomic E-state index is 11.6. The average Bonchev–Trinajstić information content (AvgIpc) is 2.37. The maximum absolute atomic E-state index is 11.6. The Hall–Kier alpha value is -1.10. The summed E-state index contributed by atoms with van der Waals surface area (Å²) in [5.74, 6) is -0.772. The van der Waals surface area contributed by atoms with Gasteiger partial charge in [0.15, 0.2) is 0 Å². The Labute approximate surface area is 109 Å². The molecular formula is C13H24N2O3. The molecule has 1 aliphatic rings. The lowest BCUT2D eigenvalue weighted by Gasteiger charge is -2.42. The zero-order valence-electron chi connectivity index (χ0n) is 11.5. The summed E-state index contributed by atoms with van der Waals surface area (Å²) in [5, 5.41) is 12.1. The molecule has 0 radical (unpaired) electrons. The number of carbonyl (C=O) groups is 2. The highest BCUT2D eigenvalue weighted by molar-refractivity contribution is 5.81. The van der Waals surface area contributed by atoms with Crippen LogP contribution >= 0.6 is 0 Å². The van der Waals surface area contributed by atoms with Crippen molar-refractivity contribution in [1.82, 2.24) is 10.2 Å². The Bertz CT molecular complexity index is 315. The number of hydrogen-bond acceptors (Lipinski definition) is 3. The first-order chi connectivity index (χ1) is 8.46. The van der Waals surface area contributed by atoms with Crippen LogP contribution in [0.1, 0.15) is 39.5 Å². The predicted molar refractivity (Wildman–Crippen MR) is 69.3 cm³/mol. The zero-order chi connectivity index (χ0) is 13.8. The largest absolute Gasteiger partial charge is 0.481 e. The lowest BCUT2D eigenvalue weighted by atomic mass is 9.76. The molecule has 0 aliphatic carbocycles. The number of carboxylic acid groups (broad SMARTS) is 1. The van der Waals surface area contributed by atoms with Crippen LogP contribution in [-0.2, 0) is 9.59 Å². The standard InChI is InChI=1S/C13H24N2O3/c1-4-6-13(12(17)18)7-5-8-15(9-13)10(2)11(16)14-3/h10H,4-9H2,1-3H3,(H,14,16)(H,17,18). The highest BCUT2D eigenvalue weighted by atomic mass is 16.4. The summed E-state index contributed by atoms with van der Waals surface area (Å²) >= 11 is 0. The minimum absolute atomic E-state index is 0.0484. The molecule has 2 N–H and O–H groups in total. The Morgan fingerprint density at radius 1 is 1.50 bits per heavy atom. The first kappa shape index (κ1) is 15.0. The second kappa shape index (κ2) is 6.18. The third-order valence-corrected chi connectivity index (χ3v) is 3.96. The Morgan fingerprint density at radius 2 is 2.17 bits per heavy atom. The van der Waals surface area contributed by atoms with E-state index in [-0.39, 0.29) is 11.9 Å². The van der Waals surface area contributed by atoms with E-state index < -0.39 is 11.4 Å². The number of likely N-dealkylation sites (tertiary alicyclic amines) is 1. The van der Waals surface area contributed by atoms with Crippen LogP contribution in [-0.4, -0.2) is 48.1 Å². The van der Waals surface area contributed by atoms with Crippen molar-refractivity contribution < 1.29 is 14.7 Å². The van der Waals surface area contributed by atoms with E-state index >= 15 is 0 Å². The fourth-order valence-corrected chi connectivity index (χ4v) is 2.84. The van der Waals surface area contributed by atoms with Crippen LogP contribution in [0.2, 0.25) is 0 Å². The summed E-state index contributed by atoms with van der Waals surface area (Å²) < 4.78 is 0. The number of aliphatic carboxylic acids is 1. The van der Waals surface area contributed by atoms with Crippen LogP contribution in [0, 0.1) is 5.41 Å². The van der Waals surface area contributed by atoms with Gasteiger partial charge in [0.25, 0.3) is 0 Å². The van der Waals surface area contributed by atoms with Crippen molar-refractivity contribution in [3.8, 4) is 0 Å². The maximum Gasteiger partial charge on any atom is 0.310 e. The van der Waals surface area contributed by atoms with Gasteiger partial charge in [-0.25, -0.2) is 0 Å². The number of nitrogens with zero attached hydrogens (tertiary/aromatic N) is 1. The molecule has 0 spiro atoms. The summed E-state index contributed by atoms with van der Waals surface area (Å²) in [6.45, 7) is 5.12. The molecule has 104 valence electrons. The number of nitrogens with one attached hydrogen (secondary N) is 1. The van der Waals surface area contributed by atoms with Gasteiger partial charge < -0.3 is 10.4 Å². The number of carbonyl (C=O) groups excluding carboxylic acids is 1. The van der Waals surface area contributed by atoms with Crippen molar-refractivity contribution in [3.63, 3.8) is 0 Å². The van der Waals surface area contributed by atoms with Crippen LogP contribution in [0.25, 0.3) is 0 Å². The molecule has 1 fully saturated rings. The van der Waals surface area contributed by atoms with E-state index in [1.807, 2.05) is 18.7 Å². The zero-order valence-corrected chi connectivity index (χ0v) is 11.5. The molecule has 2 atom stereocenters. The predicted octanol–water partition coefficient (Wildman–Crippen LogP) is 1.09. The van der Waals surface area contributed by atoms with E-state index in [1.54, 1.807) is 7.05 Å². The number of likely N-dealkylation sites (N-methyl/N-ethyl adjacent to an activating group) is 1. The Kier molecular flexibility index (Phi) is 5.14. The van der Waals surface area contributed by atoms with Crippen molar-refractivity contribution >= 4 is 11.9 Å². The van der Waals surface area contributed by atoms with Crippen molar-refractivity contribution in [2.24, 2.45) is 5.41 Å². The molecule has 0 aromatic carbocycles. The van der Waals surface area contributed by atoms with E-state index in [2.05, 4.69) is 5.32 Å². The third kappa shape index (κ3) is 3.02. The molecule has 1 heterocycles. The van der Waals surface area contributed by atoms with E-state index in [1.165, 1.54) is 0 Å². The summed E-state index contributed by atoms with van der Waals surface area (Å²) in [6, 6.07) is -0.258. The second-order valence-electron chi connectivity index (χ2n) is 5.20. The van der Waals surface area contributed by atoms with Gasteiger partial charge in [-0.15, -0.1) is 0 Å². The number of hydrogen-bond donors (Lipinski definition) is 2. The SMILES string of the molecule is CCCC1(C(=O)O)CCCN(C(C)C(=O)NC)C1. The quantitative estimate of drug-likeness (QED) is 0.772. The summed E-state index contributed by atoms with van der Waals surface area (Å²) in [7, 11) is 1.61. The van der Waals surface area contributed by atoms with Crippen LogP contribution in [0.5, 0.6) is 0 Å². The van der Waals surface area contributed by atoms with Gasteiger partial charge in [0.1, 0.15) is 0 Å². The lowest BCUT2D eigenvalue weighted by Crippen LogP contribution is -2.54. The number of carboxylic acids is 1. The van der Waals surface area contributed by atoms with Gasteiger partial charge >= 0.3 is 5.97 Å². The average molecular weight is 256 g/mol. The van der Waals surface area contributed by atoms with Crippen molar-refractivity contribution in [1.29, 1.82) is 0 Å².